The molecule has 2 saturated heterocycles. The maximum absolute atomic E-state index is 10.8. The zero-order valence-electron chi connectivity index (χ0n) is 16.3. The molecule has 152 valence electrons. The molecule has 0 radical (unpaired) electrons. The van der Waals surface area contributed by atoms with Crippen LogP contribution in [0.15, 0.2) is 36.1 Å². The Morgan fingerprint density at radius 1 is 1.10 bits per heavy atom. The molecule has 1 unspecified atom stereocenters. The van der Waals surface area contributed by atoms with E-state index in [4.69, 9.17) is 4.74 Å². The van der Waals surface area contributed by atoms with Crippen LogP contribution in [0.3, 0.4) is 0 Å². The Kier molecular flexibility index (Phi) is 5.30. The van der Waals surface area contributed by atoms with Crippen molar-refractivity contribution >= 4 is 33.7 Å². The third-order valence-electron chi connectivity index (χ3n) is 5.88. The highest BCUT2D eigenvalue weighted by molar-refractivity contribution is 7.09. The van der Waals surface area contributed by atoms with Gasteiger partial charge in [0.1, 0.15) is 23.3 Å². The Bertz CT molecular complexity index is 961. The Hall–Kier alpha value is -2.29. The lowest BCUT2D eigenvalue weighted by molar-refractivity contribution is 0.0977. The van der Waals surface area contributed by atoms with E-state index in [1.165, 1.54) is 17.0 Å². The third-order valence-corrected chi connectivity index (χ3v) is 6.73. The number of benzene rings is 1. The first-order valence-electron chi connectivity index (χ1n) is 10.2. The zero-order chi connectivity index (χ0) is 19.6. The third kappa shape index (κ3) is 3.80. The Morgan fingerprint density at radius 3 is 2.83 bits per heavy atom. The van der Waals surface area contributed by atoms with E-state index < -0.39 is 6.10 Å². The lowest BCUT2D eigenvalue weighted by Crippen LogP contribution is -2.38. The van der Waals surface area contributed by atoms with Crippen LogP contribution in [-0.4, -0.2) is 59.5 Å². The number of ether oxygens (including phenoxy) is 1. The van der Waals surface area contributed by atoms with Gasteiger partial charge in [0.05, 0.1) is 18.7 Å². The van der Waals surface area contributed by atoms with Gasteiger partial charge in [-0.2, -0.15) is 0 Å². The minimum atomic E-state index is -0.515. The van der Waals surface area contributed by atoms with Crippen molar-refractivity contribution in [3.8, 4) is 0 Å². The Balaban J connectivity index is 1.40. The molecular weight excluding hydrogens is 386 g/mol. The molecule has 4 heterocycles. The number of fused-ring (bicyclic) bond motifs is 1. The van der Waals surface area contributed by atoms with Crippen LogP contribution in [-0.2, 0) is 4.74 Å². The zero-order valence-corrected chi connectivity index (χ0v) is 17.1. The average Bonchev–Trinajstić information content (AvgIpc) is 3.33. The van der Waals surface area contributed by atoms with Gasteiger partial charge in [-0.3, -0.25) is 0 Å². The molecule has 0 bridgehead atoms. The first-order valence-corrected chi connectivity index (χ1v) is 11.1. The number of nitrogens with zero attached hydrogens (tertiary/aromatic N) is 5. The summed E-state index contributed by atoms with van der Waals surface area (Å²) in [5.74, 6) is 1.12. The van der Waals surface area contributed by atoms with Crippen molar-refractivity contribution in [3.63, 3.8) is 0 Å². The summed E-state index contributed by atoms with van der Waals surface area (Å²) < 4.78 is 5.47. The standard InChI is InChI=1S/C21H25N5O2S/c27-19(21-22-5-11-29-21)15-2-1-6-26(13-15)20-17-4-3-16(12-18(17)23-14-24-20)25-7-9-28-10-8-25/h3-5,11-12,14-15,19,27H,1-2,6-10,13H2/t15?,19-/m1/s1. The summed E-state index contributed by atoms with van der Waals surface area (Å²) in [6.45, 7) is 5.07. The van der Waals surface area contributed by atoms with Crippen molar-refractivity contribution in [2.45, 2.75) is 18.9 Å². The number of rotatable bonds is 4. The van der Waals surface area contributed by atoms with E-state index in [1.54, 1.807) is 12.5 Å². The van der Waals surface area contributed by atoms with E-state index in [1.807, 2.05) is 5.38 Å². The molecule has 2 aliphatic rings. The van der Waals surface area contributed by atoms with E-state index in [9.17, 15) is 5.11 Å². The van der Waals surface area contributed by atoms with Crippen molar-refractivity contribution in [3.05, 3.63) is 41.1 Å². The molecule has 3 aromatic rings. The molecule has 2 fully saturated rings. The fraction of sp³-hybridized carbons (Fsp3) is 0.476. The maximum Gasteiger partial charge on any atom is 0.139 e. The van der Waals surface area contributed by atoms with E-state index in [0.717, 1.165) is 74.0 Å². The molecule has 2 atom stereocenters. The van der Waals surface area contributed by atoms with Crippen molar-refractivity contribution < 1.29 is 9.84 Å². The van der Waals surface area contributed by atoms with Gasteiger partial charge >= 0.3 is 0 Å². The predicted octanol–water partition coefficient (Wildman–Crippen LogP) is 2.87. The van der Waals surface area contributed by atoms with E-state index in [-0.39, 0.29) is 5.92 Å². The summed E-state index contributed by atoms with van der Waals surface area (Å²) in [6.07, 6.45) is 4.93. The highest BCUT2D eigenvalue weighted by Gasteiger charge is 2.29. The van der Waals surface area contributed by atoms with Gasteiger partial charge in [-0.05, 0) is 31.0 Å². The topological polar surface area (TPSA) is 74.6 Å². The van der Waals surface area contributed by atoms with Crippen molar-refractivity contribution in [2.24, 2.45) is 5.92 Å². The van der Waals surface area contributed by atoms with E-state index >= 15 is 0 Å². The highest BCUT2D eigenvalue weighted by atomic mass is 32.1. The molecular formula is C21H25N5O2S. The number of aromatic nitrogens is 3. The molecule has 0 amide bonds. The van der Waals surface area contributed by atoms with Crippen LogP contribution < -0.4 is 9.80 Å². The summed E-state index contributed by atoms with van der Waals surface area (Å²) in [5, 5.41) is 14.6. The first kappa shape index (κ1) is 18.7. The average molecular weight is 412 g/mol. The van der Waals surface area contributed by atoms with Gasteiger partial charge < -0.3 is 19.6 Å². The van der Waals surface area contributed by atoms with Gasteiger partial charge in [0, 0.05) is 54.7 Å². The van der Waals surface area contributed by atoms with Crippen molar-refractivity contribution in [1.82, 2.24) is 15.0 Å². The molecule has 29 heavy (non-hydrogen) atoms. The molecule has 8 heteroatoms. The number of hydrogen-bond donors (Lipinski definition) is 1. The lowest BCUT2D eigenvalue weighted by atomic mass is 9.92. The number of aliphatic hydroxyl groups is 1. The summed E-state index contributed by atoms with van der Waals surface area (Å²) in [5.41, 5.74) is 2.14. The molecule has 1 N–H and O–H groups in total. The molecule has 2 aromatic heterocycles. The number of piperidine rings is 1. The highest BCUT2D eigenvalue weighted by Crippen LogP contribution is 2.34. The second-order valence-electron chi connectivity index (χ2n) is 7.66. The Labute approximate surface area is 174 Å². The van der Waals surface area contributed by atoms with Crippen LogP contribution in [0.25, 0.3) is 10.9 Å². The summed E-state index contributed by atoms with van der Waals surface area (Å²) in [7, 11) is 0. The number of aliphatic hydroxyl groups excluding tert-OH is 1. The van der Waals surface area contributed by atoms with Crippen molar-refractivity contribution in [1.29, 1.82) is 0 Å². The summed E-state index contributed by atoms with van der Waals surface area (Å²) in [6, 6.07) is 6.44. The smallest absolute Gasteiger partial charge is 0.139 e. The van der Waals surface area contributed by atoms with Crippen molar-refractivity contribution in [2.75, 3.05) is 49.2 Å². The van der Waals surface area contributed by atoms with Gasteiger partial charge in [-0.25, -0.2) is 15.0 Å². The largest absolute Gasteiger partial charge is 0.386 e. The van der Waals surface area contributed by atoms with Crippen LogP contribution in [0.4, 0.5) is 11.5 Å². The molecule has 2 aliphatic heterocycles. The van der Waals surface area contributed by atoms with Gasteiger partial charge in [0.25, 0.3) is 0 Å². The van der Waals surface area contributed by atoms with Crippen LogP contribution in [0.1, 0.15) is 24.0 Å². The van der Waals surface area contributed by atoms with Gasteiger partial charge in [0.2, 0.25) is 0 Å². The van der Waals surface area contributed by atoms with Crippen LogP contribution in [0.2, 0.25) is 0 Å². The molecule has 5 rings (SSSR count). The number of hydrogen-bond acceptors (Lipinski definition) is 8. The lowest BCUT2D eigenvalue weighted by Gasteiger charge is -2.35. The molecule has 0 spiro atoms. The van der Waals surface area contributed by atoms with Crippen LogP contribution >= 0.6 is 11.3 Å². The predicted molar refractivity (Wildman–Crippen MR) is 115 cm³/mol. The van der Waals surface area contributed by atoms with Gasteiger partial charge in [-0.1, -0.05) is 0 Å². The SMILES string of the molecule is O[C@@H](c1nccs1)C1CCCN(c2ncnc3cc(N4CCOCC4)ccc23)C1. The summed E-state index contributed by atoms with van der Waals surface area (Å²) >= 11 is 1.52. The van der Waals surface area contributed by atoms with E-state index in [2.05, 4.69) is 43.0 Å². The minimum Gasteiger partial charge on any atom is -0.386 e. The number of morpholine rings is 1. The molecule has 7 nitrogen and oxygen atoms in total. The quantitative estimate of drug-likeness (QED) is 0.707. The minimum absolute atomic E-state index is 0.160. The monoisotopic (exact) mass is 411 g/mol. The number of anilines is 2. The molecule has 0 saturated carbocycles. The van der Waals surface area contributed by atoms with Gasteiger partial charge in [0.15, 0.2) is 0 Å². The van der Waals surface area contributed by atoms with Gasteiger partial charge in [-0.15, -0.1) is 11.3 Å². The Morgan fingerprint density at radius 2 is 2.00 bits per heavy atom. The van der Waals surface area contributed by atoms with Crippen LogP contribution in [0, 0.1) is 5.92 Å². The maximum atomic E-state index is 10.8. The molecule has 0 aliphatic carbocycles. The first-order chi connectivity index (χ1) is 14.3. The summed E-state index contributed by atoms with van der Waals surface area (Å²) in [4.78, 5) is 18.1. The fourth-order valence-corrected chi connectivity index (χ4v) is 5.06. The van der Waals surface area contributed by atoms with Crippen LogP contribution in [0.5, 0.6) is 0 Å². The normalized spacial score (nSPS) is 21.5. The number of thiazole rings is 1. The van der Waals surface area contributed by atoms with E-state index in [0.29, 0.717) is 0 Å². The fourth-order valence-electron chi connectivity index (χ4n) is 4.34. The molecule has 1 aromatic carbocycles. The second kappa shape index (κ2) is 8.22. The second-order valence-corrected chi connectivity index (χ2v) is 8.59.